The molecule has 6 heteroatoms. The number of likely N-dealkylation sites (tertiary alicyclic amines) is 1. The molecule has 2 heterocycles. The van der Waals surface area contributed by atoms with Crippen molar-refractivity contribution in [1.82, 2.24) is 15.2 Å². The predicted molar refractivity (Wildman–Crippen MR) is 127 cm³/mol. The van der Waals surface area contributed by atoms with Crippen LogP contribution in [0.3, 0.4) is 0 Å². The Balaban J connectivity index is 1.50. The van der Waals surface area contributed by atoms with Crippen LogP contribution in [0.5, 0.6) is 0 Å². The topological polar surface area (TPSA) is 75.4 Å². The van der Waals surface area contributed by atoms with Gasteiger partial charge in [0.15, 0.2) is 0 Å². The number of aromatic nitrogens is 1. The predicted octanol–water partition coefficient (Wildman–Crippen LogP) is 5.04. The fourth-order valence-electron chi connectivity index (χ4n) is 5.16. The van der Waals surface area contributed by atoms with E-state index in [1.54, 1.807) is 6.26 Å². The van der Waals surface area contributed by atoms with Crippen LogP contribution >= 0.6 is 0 Å². The van der Waals surface area contributed by atoms with E-state index >= 15 is 0 Å². The van der Waals surface area contributed by atoms with E-state index in [1.807, 2.05) is 36.9 Å². The lowest BCUT2D eigenvalue weighted by molar-refractivity contribution is -0.140. The highest BCUT2D eigenvalue weighted by Crippen LogP contribution is 2.35. The zero-order valence-electron chi connectivity index (χ0n) is 20.0. The molecule has 1 aromatic carbocycles. The molecule has 33 heavy (non-hydrogen) atoms. The molecule has 1 saturated carbocycles. The van der Waals surface area contributed by atoms with Crippen LogP contribution in [0.15, 0.2) is 41.0 Å². The van der Waals surface area contributed by atoms with Crippen molar-refractivity contribution in [3.63, 3.8) is 0 Å². The number of oxazole rings is 1. The number of nitrogens with one attached hydrogen (secondary N) is 1. The smallest absolute Gasteiger partial charge is 0.246 e. The summed E-state index contributed by atoms with van der Waals surface area (Å²) < 4.78 is 5.87. The van der Waals surface area contributed by atoms with E-state index in [9.17, 15) is 9.59 Å². The largest absolute Gasteiger partial charge is 0.446 e. The summed E-state index contributed by atoms with van der Waals surface area (Å²) in [5.41, 5.74) is 2.06. The molecule has 1 N–H and O–H groups in total. The molecule has 2 aromatic rings. The first-order valence-electron chi connectivity index (χ1n) is 12.7. The third-order valence-electron chi connectivity index (χ3n) is 7.36. The number of carbonyl (C=O) groups is 2. The number of benzene rings is 1. The van der Waals surface area contributed by atoms with Crippen LogP contribution in [-0.2, 0) is 16.0 Å². The Labute approximate surface area is 197 Å². The van der Waals surface area contributed by atoms with Gasteiger partial charge in [-0.15, -0.1) is 0 Å². The monoisotopic (exact) mass is 451 g/mol. The second-order valence-electron chi connectivity index (χ2n) is 9.72. The van der Waals surface area contributed by atoms with E-state index in [0.29, 0.717) is 18.9 Å². The Morgan fingerprint density at radius 2 is 1.88 bits per heavy atom. The first-order valence-corrected chi connectivity index (χ1v) is 12.7. The van der Waals surface area contributed by atoms with Crippen molar-refractivity contribution < 1.29 is 14.0 Å². The van der Waals surface area contributed by atoms with Crippen LogP contribution in [0.25, 0.3) is 0 Å². The second kappa shape index (κ2) is 11.0. The Bertz CT molecular complexity index is 920. The average Bonchev–Trinajstić information content (AvgIpc) is 3.52. The first-order chi connectivity index (χ1) is 16.1. The van der Waals surface area contributed by atoms with Crippen molar-refractivity contribution in [1.29, 1.82) is 0 Å². The summed E-state index contributed by atoms with van der Waals surface area (Å²) in [6.45, 7) is 4.62. The Morgan fingerprint density at radius 3 is 2.61 bits per heavy atom. The van der Waals surface area contributed by atoms with E-state index in [1.165, 1.54) is 12.0 Å². The number of hydrogen-bond donors (Lipinski definition) is 1. The summed E-state index contributed by atoms with van der Waals surface area (Å²) in [6.07, 6.45) is 10.4. The molecule has 0 spiro atoms. The standard InChI is InChI=1S/C27H37N3O3/c1-3-19(2)25(31)29-24(21-13-8-5-9-14-21)27(32)30-16-10-15-23(30)26-28-22(18-33-26)17-20-11-6-4-7-12-20/h4,6-7,11-12,18-19,21,23-24H,3,5,8-10,13-17H2,1-2H3,(H,29,31)/t19-,23+,24+/m1/s1. The van der Waals surface area contributed by atoms with Crippen molar-refractivity contribution in [2.24, 2.45) is 11.8 Å². The van der Waals surface area contributed by atoms with Gasteiger partial charge in [-0.1, -0.05) is 63.4 Å². The fourth-order valence-corrected chi connectivity index (χ4v) is 5.16. The maximum absolute atomic E-state index is 13.8. The van der Waals surface area contributed by atoms with Gasteiger partial charge in [-0.2, -0.15) is 0 Å². The van der Waals surface area contributed by atoms with Gasteiger partial charge in [0, 0.05) is 18.9 Å². The van der Waals surface area contributed by atoms with Crippen LogP contribution in [0.4, 0.5) is 0 Å². The van der Waals surface area contributed by atoms with Crippen LogP contribution in [-0.4, -0.2) is 34.3 Å². The van der Waals surface area contributed by atoms with Crippen molar-refractivity contribution in [3.05, 3.63) is 53.7 Å². The van der Waals surface area contributed by atoms with E-state index in [0.717, 1.165) is 50.6 Å². The van der Waals surface area contributed by atoms with Crippen LogP contribution in [0.2, 0.25) is 0 Å². The van der Waals surface area contributed by atoms with Gasteiger partial charge in [0.1, 0.15) is 18.3 Å². The van der Waals surface area contributed by atoms with E-state index in [-0.39, 0.29) is 29.7 Å². The summed E-state index contributed by atoms with van der Waals surface area (Å²) in [7, 11) is 0. The molecule has 0 radical (unpaired) electrons. The number of hydrogen-bond acceptors (Lipinski definition) is 4. The summed E-state index contributed by atoms with van der Waals surface area (Å²) in [5, 5.41) is 3.14. The Kier molecular flexibility index (Phi) is 7.84. The van der Waals surface area contributed by atoms with Gasteiger partial charge in [-0.05, 0) is 43.6 Å². The van der Waals surface area contributed by atoms with Crippen molar-refractivity contribution in [2.75, 3.05) is 6.54 Å². The van der Waals surface area contributed by atoms with E-state index in [4.69, 9.17) is 9.40 Å². The molecular weight excluding hydrogens is 414 g/mol. The zero-order chi connectivity index (χ0) is 23.2. The fraction of sp³-hybridized carbons (Fsp3) is 0.593. The van der Waals surface area contributed by atoms with Gasteiger partial charge in [0.25, 0.3) is 0 Å². The lowest BCUT2D eigenvalue weighted by Crippen LogP contribution is -2.53. The molecule has 0 bridgehead atoms. The van der Waals surface area contributed by atoms with Gasteiger partial charge in [-0.25, -0.2) is 4.98 Å². The molecule has 2 amide bonds. The van der Waals surface area contributed by atoms with E-state index in [2.05, 4.69) is 17.4 Å². The van der Waals surface area contributed by atoms with Crippen molar-refractivity contribution in [2.45, 2.75) is 83.7 Å². The van der Waals surface area contributed by atoms with E-state index < -0.39 is 6.04 Å². The Morgan fingerprint density at radius 1 is 1.12 bits per heavy atom. The molecule has 6 nitrogen and oxygen atoms in total. The van der Waals surface area contributed by atoms with Crippen LogP contribution in [0.1, 0.15) is 88.4 Å². The molecule has 1 aliphatic heterocycles. The quantitative estimate of drug-likeness (QED) is 0.610. The molecule has 178 valence electrons. The maximum atomic E-state index is 13.8. The molecule has 1 saturated heterocycles. The minimum atomic E-state index is -0.453. The van der Waals surface area contributed by atoms with Crippen molar-refractivity contribution >= 4 is 11.8 Å². The molecule has 1 aliphatic carbocycles. The van der Waals surface area contributed by atoms with Crippen LogP contribution in [0, 0.1) is 11.8 Å². The molecule has 2 fully saturated rings. The van der Waals surface area contributed by atoms with Crippen LogP contribution < -0.4 is 5.32 Å². The van der Waals surface area contributed by atoms with Gasteiger partial charge in [-0.3, -0.25) is 9.59 Å². The molecule has 2 aliphatic rings. The number of nitrogens with zero attached hydrogens (tertiary/aromatic N) is 2. The maximum Gasteiger partial charge on any atom is 0.246 e. The summed E-state index contributed by atoms with van der Waals surface area (Å²) >= 11 is 0. The van der Waals surface area contributed by atoms with Crippen molar-refractivity contribution in [3.8, 4) is 0 Å². The minimum Gasteiger partial charge on any atom is -0.446 e. The van der Waals surface area contributed by atoms with Gasteiger partial charge in [0.05, 0.1) is 5.69 Å². The second-order valence-corrected chi connectivity index (χ2v) is 9.72. The summed E-state index contributed by atoms with van der Waals surface area (Å²) in [6, 6.07) is 9.59. The Hall–Kier alpha value is -2.63. The van der Waals surface area contributed by atoms with Gasteiger partial charge in [0.2, 0.25) is 17.7 Å². The highest BCUT2D eigenvalue weighted by Gasteiger charge is 2.40. The summed E-state index contributed by atoms with van der Waals surface area (Å²) in [5.74, 6) is 0.744. The molecule has 4 rings (SSSR count). The molecule has 0 unspecified atom stereocenters. The molecule has 1 aromatic heterocycles. The lowest BCUT2D eigenvalue weighted by Gasteiger charge is -2.34. The third-order valence-corrected chi connectivity index (χ3v) is 7.36. The third kappa shape index (κ3) is 5.66. The first kappa shape index (κ1) is 23.5. The summed E-state index contributed by atoms with van der Waals surface area (Å²) in [4.78, 5) is 33.2. The number of carbonyl (C=O) groups excluding carboxylic acids is 2. The average molecular weight is 452 g/mol. The number of rotatable bonds is 8. The lowest BCUT2D eigenvalue weighted by atomic mass is 9.83. The number of amides is 2. The highest BCUT2D eigenvalue weighted by atomic mass is 16.3. The molecular formula is C27H37N3O3. The van der Waals surface area contributed by atoms with Gasteiger partial charge >= 0.3 is 0 Å². The zero-order valence-corrected chi connectivity index (χ0v) is 20.0. The highest BCUT2D eigenvalue weighted by molar-refractivity contribution is 5.89. The normalized spacial score (nSPS) is 21.0. The minimum absolute atomic E-state index is 0.0153. The SMILES string of the molecule is CC[C@@H](C)C(=O)N[C@H](C(=O)N1CCC[C@H]1c1nc(Cc2ccccc2)co1)C1CCCCC1. The van der Waals surface area contributed by atoms with Gasteiger partial charge < -0.3 is 14.6 Å². The molecule has 3 atom stereocenters.